The first-order valence-corrected chi connectivity index (χ1v) is 8.49. The summed E-state index contributed by atoms with van der Waals surface area (Å²) in [5.74, 6) is -0.190. The number of hydrogen-bond donors (Lipinski definition) is 0. The number of hydrogen-bond acceptors (Lipinski definition) is 4. The van der Waals surface area contributed by atoms with Gasteiger partial charge < -0.3 is 9.47 Å². The van der Waals surface area contributed by atoms with Gasteiger partial charge in [0, 0.05) is 13.1 Å². The Hall–Kier alpha value is -2.17. The molecule has 0 unspecified atom stereocenters. The maximum absolute atomic E-state index is 13.3. The van der Waals surface area contributed by atoms with E-state index in [9.17, 15) is 4.79 Å². The van der Waals surface area contributed by atoms with Gasteiger partial charge in [-0.05, 0) is 29.2 Å². The number of morpholine rings is 1. The molecular weight excluding hydrogens is 302 g/mol. The molecule has 0 spiro atoms. The molecule has 0 radical (unpaired) electrons. The number of fused-ring (bicyclic) bond motifs is 3. The van der Waals surface area contributed by atoms with Gasteiger partial charge in [0.1, 0.15) is 0 Å². The van der Waals surface area contributed by atoms with Gasteiger partial charge in [-0.15, -0.1) is 0 Å². The van der Waals surface area contributed by atoms with Gasteiger partial charge in [-0.2, -0.15) is 0 Å². The summed E-state index contributed by atoms with van der Waals surface area (Å²) in [5.41, 5.74) is 3.41. The first-order chi connectivity index (χ1) is 11.8. The summed E-state index contributed by atoms with van der Waals surface area (Å²) >= 11 is 0. The number of benzene rings is 2. The fourth-order valence-corrected chi connectivity index (χ4v) is 4.04. The lowest BCUT2D eigenvalue weighted by molar-refractivity contribution is -0.158. The van der Waals surface area contributed by atoms with Crippen molar-refractivity contribution in [1.82, 2.24) is 4.90 Å². The predicted molar refractivity (Wildman–Crippen MR) is 91.7 cm³/mol. The minimum absolute atomic E-state index is 0.190. The van der Waals surface area contributed by atoms with Gasteiger partial charge in [0.05, 0.1) is 19.8 Å². The van der Waals surface area contributed by atoms with Crippen LogP contribution < -0.4 is 0 Å². The summed E-state index contributed by atoms with van der Waals surface area (Å²) in [6.07, 6.45) is 0. The Bertz CT molecular complexity index is 719. The lowest BCUT2D eigenvalue weighted by Gasteiger charge is -2.42. The molecule has 0 N–H and O–H groups in total. The van der Waals surface area contributed by atoms with E-state index in [0.717, 1.165) is 22.3 Å². The molecule has 124 valence electrons. The van der Waals surface area contributed by atoms with Crippen LogP contribution in [0, 0.1) is 0 Å². The SMILES string of the molecule is CCOC(=O)C1(N2CCOCC2)c2ccccc2-c2ccccc21. The summed E-state index contributed by atoms with van der Waals surface area (Å²) < 4.78 is 11.1. The van der Waals surface area contributed by atoms with E-state index >= 15 is 0 Å². The zero-order valence-corrected chi connectivity index (χ0v) is 13.8. The first-order valence-electron chi connectivity index (χ1n) is 8.49. The van der Waals surface area contributed by atoms with E-state index in [1.807, 2.05) is 31.2 Å². The maximum atomic E-state index is 13.3. The molecule has 24 heavy (non-hydrogen) atoms. The molecule has 4 rings (SSSR count). The summed E-state index contributed by atoms with van der Waals surface area (Å²) in [4.78, 5) is 15.5. The summed E-state index contributed by atoms with van der Waals surface area (Å²) in [6.45, 7) is 4.91. The first kappa shape index (κ1) is 15.4. The maximum Gasteiger partial charge on any atom is 0.335 e. The highest BCUT2D eigenvalue weighted by Gasteiger charge is 2.54. The van der Waals surface area contributed by atoms with Crippen LogP contribution in [0.2, 0.25) is 0 Å². The molecule has 0 atom stereocenters. The third-order valence-corrected chi connectivity index (χ3v) is 4.98. The van der Waals surface area contributed by atoms with Gasteiger partial charge in [0.2, 0.25) is 0 Å². The Morgan fingerprint density at radius 3 is 2.12 bits per heavy atom. The number of carbonyl (C=O) groups excluding carboxylic acids is 1. The summed E-state index contributed by atoms with van der Waals surface area (Å²) in [6, 6.07) is 16.3. The number of carbonyl (C=O) groups is 1. The lowest BCUT2D eigenvalue weighted by Crippen LogP contribution is -2.56. The fraction of sp³-hybridized carbons (Fsp3) is 0.350. The molecule has 0 aromatic heterocycles. The number of ether oxygens (including phenoxy) is 2. The average Bonchev–Trinajstić information content (AvgIpc) is 2.94. The molecular formula is C20H21NO3. The Morgan fingerprint density at radius 2 is 1.58 bits per heavy atom. The molecule has 0 amide bonds. The Morgan fingerprint density at radius 1 is 1.04 bits per heavy atom. The molecule has 2 aliphatic rings. The Kier molecular flexibility index (Phi) is 3.87. The van der Waals surface area contributed by atoms with Crippen molar-refractivity contribution in [2.75, 3.05) is 32.9 Å². The van der Waals surface area contributed by atoms with Crippen molar-refractivity contribution in [3.05, 3.63) is 59.7 Å². The normalized spacial score (nSPS) is 18.7. The largest absolute Gasteiger partial charge is 0.464 e. The van der Waals surface area contributed by atoms with Gasteiger partial charge in [0.15, 0.2) is 5.54 Å². The van der Waals surface area contributed by atoms with Gasteiger partial charge >= 0.3 is 5.97 Å². The standard InChI is InChI=1S/C20H21NO3/c1-2-24-19(22)20(21-11-13-23-14-12-21)17-9-5-3-7-15(17)16-8-4-6-10-18(16)20/h3-10H,2,11-14H2,1H3. The van der Waals surface area contributed by atoms with Crippen molar-refractivity contribution in [3.8, 4) is 11.1 Å². The smallest absolute Gasteiger partial charge is 0.335 e. The number of nitrogens with zero attached hydrogens (tertiary/aromatic N) is 1. The van der Waals surface area contributed by atoms with Crippen LogP contribution in [-0.4, -0.2) is 43.8 Å². The molecule has 2 aromatic rings. The number of rotatable bonds is 3. The van der Waals surface area contributed by atoms with E-state index in [-0.39, 0.29) is 5.97 Å². The third-order valence-electron chi connectivity index (χ3n) is 4.98. The van der Waals surface area contributed by atoms with Crippen LogP contribution in [-0.2, 0) is 19.8 Å². The fourth-order valence-electron chi connectivity index (χ4n) is 4.04. The van der Waals surface area contributed by atoms with Crippen LogP contribution in [0.4, 0.5) is 0 Å². The topological polar surface area (TPSA) is 38.8 Å². The van der Waals surface area contributed by atoms with Crippen molar-refractivity contribution in [2.24, 2.45) is 0 Å². The van der Waals surface area contributed by atoms with Crippen LogP contribution in [0.15, 0.2) is 48.5 Å². The molecule has 1 heterocycles. The van der Waals surface area contributed by atoms with E-state index in [1.54, 1.807) is 0 Å². The second-order valence-corrected chi connectivity index (χ2v) is 6.12. The number of esters is 1. The van der Waals surface area contributed by atoms with Crippen molar-refractivity contribution in [1.29, 1.82) is 0 Å². The third kappa shape index (κ3) is 2.03. The van der Waals surface area contributed by atoms with E-state index in [0.29, 0.717) is 32.9 Å². The second-order valence-electron chi connectivity index (χ2n) is 6.12. The lowest BCUT2D eigenvalue weighted by atomic mass is 9.85. The van der Waals surface area contributed by atoms with E-state index in [2.05, 4.69) is 29.2 Å². The molecule has 0 bridgehead atoms. The van der Waals surface area contributed by atoms with Crippen molar-refractivity contribution in [3.63, 3.8) is 0 Å². The quantitative estimate of drug-likeness (QED) is 0.814. The zero-order valence-electron chi connectivity index (χ0n) is 13.8. The Labute approximate surface area is 142 Å². The van der Waals surface area contributed by atoms with Crippen LogP contribution in [0.3, 0.4) is 0 Å². The molecule has 4 heteroatoms. The van der Waals surface area contributed by atoms with Gasteiger partial charge in [-0.25, -0.2) is 4.79 Å². The van der Waals surface area contributed by atoms with E-state index < -0.39 is 5.54 Å². The van der Waals surface area contributed by atoms with Crippen LogP contribution in [0.5, 0.6) is 0 Å². The van der Waals surface area contributed by atoms with Gasteiger partial charge in [0.25, 0.3) is 0 Å². The van der Waals surface area contributed by atoms with Crippen LogP contribution in [0.25, 0.3) is 11.1 Å². The molecule has 1 saturated heterocycles. The minimum Gasteiger partial charge on any atom is -0.464 e. The van der Waals surface area contributed by atoms with Crippen molar-refractivity contribution < 1.29 is 14.3 Å². The zero-order chi connectivity index (χ0) is 16.6. The highest BCUT2D eigenvalue weighted by Crippen LogP contribution is 2.51. The monoisotopic (exact) mass is 323 g/mol. The van der Waals surface area contributed by atoms with Crippen LogP contribution in [0.1, 0.15) is 18.1 Å². The molecule has 1 aliphatic heterocycles. The van der Waals surface area contributed by atoms with Gasteiger partial charge in [-0.3, -0.25) is 4.90 Å². The average molecular weight is 323 g/mol. The molecule has 0 saturated carbocycles. The van der Waals surface area contributed by atoms with E-state index in [4.69, 9.17) is 9.47 Å². The summed E-state index contributed by atoms with van der Waals surface area (Å²) in [5, 5.41) is 0. The molecule has 4 nitrogen and oxygen atoms in total. The molecule has 1 aliphatic carbocycles. The van der Waals surface area contributed by atoms with Crippen molar-refractivity contribution >= 4 is 5.97 Å². The van der Waals surface area contributed by atoms with Crippen molar-refractivity contribution in [2.45, 2.75) is 12.5 Å². The Balaban J connectivity index is 1.99. The molecule has 1 fully saturated rings. The van der Waals surface area contributed by atoms with Crippen LogP contribution >= 0.6 is 0 Å². The van der Waals surface area contributed by atoms with E-state index in [1.165, 1.54) is 0 Å². The van der Waals surface area contributed by atoms with Gasteiger partial charge in [-0.1, -0.05) is 48.5 Å². The highest BCUT2D eigenvalue weighted by molar-refractivity contribution is 5.97. The molecule has 2 aromatic carbocycles. The highest BCUT2D eigenvalue weighted by atomic mass is 16.5. The minimum atomic E-state index is -0.868. The second kappa shape index (κ2) is 6.04. The summed E-state index contributed by atoms with van der Waals surface area (Å²) in [7, 11) is 0. The predicted octanol–water partition coefficient (Wildman–Crippen LogP) is 2.81.